The first kappa shape index (κ1) is 12.2. The maximum absolute atomic E-state index is 12.2. The minimum absolute atomic E-state index is 0.222. The zero-order valence-electron chi connectivity index (χ0n) is 10.0. The molecular formula is C12H12BrN5O. The molecule has 1 fully saturated rings. The lowest BCUT2D eigenvalue weighted by Gasteiger charge is -2.07. The predicted octanol–water partition coefficient (Wildman–Crippen LogP) is 2.21. The maximum Gasteiger partial charge on any atom is 0.273 e. The van der Waals surface area contributed by atoms with E-state index in [4.69, 9.17) is 5.73 Å². The van der Waals surface area contributed by atoms with E-state index in [0.29, 0.717) is 27.8 Å². The number of hydrogen-bond donors (Lipinski definition) is 2. The van der Waals surface area contributed by atoms with Gasteiger partial charge in [-0.05, 0) is 34.8 Å². The molecule has 2 aromatic heterocycles. The van der Waals surface area contributed by atoms with Gasteiger partial charge in [-0.1, -0.05) is 0 Å². The van der Waals surface area contributed by atoms with Crippen LogP contribution >= 0.6 is 15.9 Å². The van der Waals surface area contributed by atoms with E-state index in [-0.39, 0.29) is 5.91 Å². The number of nitrogens with zero attached hydrogens (tertiary/aromatic N) is 3. The molecule has 2 aromatic rings. The second-order valence-electron chi connectivity index (χ2n) is 4.48. The smallest absolute Gasteiger partial charge is 0.273 e. The van der Waals surface area contributed by atoms with Gasteiger partial charge in [0.25, 0.3) is 5.91 Å². The van der Waals surface area contributed by atoms with Crippen molar-refractivity contribution in [1.82, 2.24) is 14.5 Å². The van der Waals surface area contributed by atoms with E-state index in [1.165, 1.54) is 12.4 Å². The van der Waals surface area contributed by atoms with Crippen molar-refractivity contribution < 1.29 is 4.79 Å². The van der Waals surface area contributed by atoms with Gasteiger partial charge in [-0.3, -0.25) is 4.79 Å². The summed E-state index contributed by atoms with van der Waals surface area (Å²) in [5, 5.41) is 2.71. The summed E-state index contributed by atoms with van der Waals surface area (Å²) < 4.78 is 2.55. The summed E-state index contributed by atoms with van der Waals surface area (Å²) in [6.07, 6.45) is 7.01. The fraction of sp³-hybridized carbons (Fsp3) is 0.250. The molecule has 1 aliphatic carbocycles. The van der Waals surface area contributed by atoms with Crippen LogP contribution in [-0.4, -0.2) is 20.4 Å². The molecule has 98 valence electrons. The monoisotopic (exact) mass is 321 g/mol. The number of nitrogens with one attached hydrogen (secondary N) is 1. The van der Waals surface area contributed by atoms with Crippen LogP contribution in [0.3, 0.4) is 0 Å². The van der Waals surface area contributed by atoms with E-state index in [9.17, 15) is 4.79 Å². The summed E-state index contributed by atoms with van der Waals surface area (Å²) in [6.45, 7) is 0. The average molecular weight is 322 g/mol. The van der Waals surface area contributed by atoms with E-state index < -0.39 is 0 Å². The van der Waals surface area contributed by atoms with Crippen molar-refractivity contribution in [3.63, 3.8) is 0 Å². The lowest BCUT2D eigenvalue weighted by atomic mass is 10.3. The normalized spacial score (nSPS) is 14.4. The van der Waals surface area contributed by atoms with Gasteiger partial charge in [0.05, 0.1) is 18.1 Å². The molecule has 0 aromatic carbocycles. The second kappa shape index (κ2) is 4.65. The Morgan fingerprint density at radius 1 is 1.42 bits per heavy atom. The molecular weight excluding hydrogens is 310 g/mol. The van der Waals surface area contributed by atoms with Crippen LogP contribution in [0.5, 0.6) is 0 Å². The zero-order valence-corrected chi connectivity index (χ0v) is 11.6. The van der Waals surface area contributed by atoms with Gasteiger partial charge in [0.2, 0.25) is 0 Å². The fourth-order valence-corrected chi connectivity index (χ4v) is 2.10. The summed E-state index contributed by atoms with van der Waals surface area (Å²) in [6, 6.07) is 2.08. The number of hydrogen-bond acceptors (Lipinski definition) is 4. The molecule has 0 bridgehead atoms. The van der Waals surface area contributed by atoms with E-state index in [1.807, 2.05) is 4.57 Å². The quantitative estimate of drug-likeness (QED) is 0.907. The third-order valence-electron chi connectivity index (χ3n) is 2.90. The van der Waals surface area contributed by atoms with Gasteiger partial charge < -0.3 is 15.6 Å². The summed E-state index contributed by atoms with van der Waals surface area (Å²) >= 11 is 3.19. The van der Waals surface area contributed by atoms with Crippen molar-refractivity contribution in [2.75, 3.05) is 11.1 Å². The Balaban J connectivity index is 1.82. The van der Waals surface area contributed by atoms with Gasteiger partial charge in [-0.25, -0.2) is 9.97 Å². The second-order valence-corrected chi connectivity index (χ2v) is 5.29. The van der Waals surface area contributed by atoms with Gasteiger partial charge in [0, 0.05) is 12.2 Å². The van der Waals surface area contributed by atoms with Gasteiger partial charge in [0.1, 0.15) is 10.3 Å². The molecule has 0 spiro atoms. The van der Waals surface area contributed by atoms with Crippen LogP contribution in [0.4, 0.5) is 11.5 Å². The molecule has 0 saturated heterocycles. The molecule has 3 rings (SSSR count). The Kier molecular flexibility index (Phi) is 2.98. The molecule has 0 radical (unpaired) electrons. The molecule has 19 heavy (non-hydrogen) atoms. The number of carbonyl (C=O) groups excluding carboxylic acids is 1. The average Bonchev–Trinajstić information content (AvgIpc) is 3.15. The van der Waals surface area contributed by atoms with Crippen LogP contribution in [0.1, 0.15) is 29.4 Å². The van der Waals surface area contributed by atoms with E-state index in [1.54, 1.807) is 12.3 Å². The van der Waals surface area contributed by atoms with E-state index in [0.717, 1.165) is 12.8 Å². The Labute approximate surface area is 118 Å². The lowest BCUT2D eigenvalue weighted by Crippen LogP contribution is -2.17. The van der Waals surface area contributed by atoms with Crippen LogP contribution in [-0.2, 0) is 0 Å². The molecule has 3 N–H and O–H groups in total. The third-order valence-corrected chi connectivity index (χ3v) is 3.31. The number of nitrogen functional groups attached to an aromatic ring is 1. The van der Waals surface area contributed by atoms with Crippen LogP contribution in [0.15, 0.2) is 29.3 Å². The van der Waals surface area contributed by atoms with Gasteiger partial charge in [-0.2, -0.15) is 0 Å². The highest BCUT2D eigenvalue weighted by atomic mass is 79.9. The molecule has 0 aliphatic heterocycles. The zero-order chi connectivity index (χ0) is 13.4. The molecule has 1 aliphatic rings. The van der Waals surface area contributed by atoms with Crippen LogP contribution in [0.2, 0.25) is 0 Å². The number of anilines is 2. The Hall–Kier alpha value is -1.89. The summed E-state index contributed by atoms with van der Waals surface area (Å²) in [4.78, 5) is 20.3. The Morgan fingerprint density at radius 3 is 2.84 bits per heavy atom. The molecule has 7 heteroatoms. The lowest BCUT2D eigenvalue weighted by molar-refractivity contribution is 0.101. The van der Waals surface area contributed by atoms with Crippen LogP contribution < -0.4 is 11.1 Å². The first-order chi connectivity index (χ1) is 9.13. The highest BCUT2D eigenvalue weighted by Crippen LogP contribution is 2.37. The highest BCUT2D eigenvalue weighted by Gasteiger charge is 2.27. The number of nitrogens with two attached hydrogens (primary N) is 1. The predicted molar refractivity (Wildman–Crippen MR) is 74.8 cm³/mol. The first-order valence-corrected chi connectivity index (χ1v) is 6.69. The van der Waals surface area contributed by atoms with Gasteiger partial charge in [0.15, 0.2) is 5.82 Å². The van der Waals surface area contributed by atoms with E-state index >= 15 is 0 Å². The van der Waals surface area contributed by atoms with Crippen LogP contribution in [0.25, 0.3) is 0 Å². The number of halogens is 1. The van der Waals surface area contributed by atoms with Gasteiger partial charge >= 0.3 is 0 Å². The topological polar surface area (TPSA) is 85.8 Å². The molecule has 0 unspecified atom stereocenters. The van der Waals surface area contributed by atoms with Crippen LogP contribution in [0, 0.1) is 0 Å². The SMILES string of the molecule is Nc1cc(C(=O)Nc2cnc(Br)cn2)n(C2CC2)c1. The number of rotatable bonds is 3. The van der Waals surface area contributed by atoms with Crippen molar-refractivity contribution in [3.05, 3.63) is 35.0 Å². The highest BCUT2D eigenvalue weighted by molar-refractivity contribution is 9.10. The van der Waals surface area contributed by atoms with Crippen molar-refractivity contribution >= 4 is 33.3 Å². The Morgan fingerprint density at radius 2 is 2.21 bits per heavy atom. The third kappa shape index (κ3) is 2.60. The van der Waals surface area contributed by atoms with Crippen molar-refractivity contribution in [2.45, 2.75) is 18.9 Å². The molecule has 0 atom stereocenters. The maximum atomic E-state index is 12.2. The van der Waals surface area contributed by atoms with Gasteiger partial charge in [-0.15, -0.1) is 0 Å². The van der Waals surface area contributed by atoms with Crippen molar-refractivity contribution in [1.29, 1.82) is 0 Å². The summed E-state index contributed by atoms with van der Waals surface area (Å²) in [7, 11) is 0. The van der Waals surface area contributed by atoms with Crippen molar-refractivity contribution in [2.24, 2.45) is 0 Å². The standard InChI is InChI=1S/C12H12BrN5O/c13-10-4-16-11(5-15-10)17-12(19)9-3-7(14)6-18(9)8-1-2-8/h3-6,8H,1-2,14H2,(H,16,17,19). The fourth-order valence-electron chi connectivity index (χ4n) is 1.89. The summed E-state index contributed by atoms with van der Waals surface area (Å²) in [5.41, 5.74) is 6.92. The number of aromatic nitrogens is 3. The Bertz CT molecular complexity index is 618. The van der Waals surface area contributed by atoms with E-state index in [2.05, 4.69) is 31.2 Å². The van der Waals surface area contributed by atoms with Crippen molar-refractivity contribution in [3.8, 4) is 0 Å². The molecule has 6 nitrogen and oxygen atoms in total. The molecule has 2 heterocycles. The minimum atomic E-state index is -0.222. The minimum Gasteiger partial charge on any atom is -0.397 e. The number of amides is 1. The molecule has 1 amide bonds. The molecule has 1 saturated carbocycles. The first-order valence-electron chi connectivity index (χ1n) is 5.90. The largest absolute Gasteiger partial charge is 0.397 e. The number of carbonyl (C=O) groups is 1. The summed E-state index contributed by atoms with van der Waals surface area (Å²) in [5.74, 6) is 0.190.